The Bertz CT molecular complexity index is 321. The van der Waals surface area contributed by atoms with Gasteiger partial charge in [-0.25, -0.2) is 4.39 Å². The molecule has 0 fully saturated rings. The lowest BCUT2D eigenvalue weighted by Crippen LogP contribution is -2.11. The van der Waals surface area contributed by atoms with Crippen LogP contribution in [-0.4, -0.2) is 6.54 Å². The molecule has 0 spiro atoms. The van der Waals surface area contributed by atoms with Crippen molar-refractivity contribution in [2.24, 2.45) is 11.5 Å². The van der Waals surface area contributed by atoms with Crippen molar-refractivity contribution in [2.45, 2.75) is 25.3 Å². The molecule has 0 heterocycles. The van der Waals surface area contributed by atoms with Gasteiger partial charge in [0.1, 0.15) is 5.82 Å². The van der Waals surface area contributed by atoms with Crippen LogP contribution in [-0.2, 0) is 0 Å². The molecule has 0 unspecified atom stereocenters. The average Bonchev–Trinajstić information content (AvgIpc) is 2.22. The molecule has 0 saturated heterocycles. The highest BCUT2D eigenvalue weighted by Gasteiger charge is 2.08. The molecule has 0 aromatic heterocycles. The van der Waals surface area contributed by atoms with E-state index in [1.807, 2.05) is 0 Å². The molecule has 0 saturated carbocycles. The van der Waals surface area contributed by atoms with E-state index in [-0.39, 0.29) is 23.5 Å². The van der Waals surface area contributed by atoms with E-state index in [1.54, 1.807) is 12.1 Å². The molecule has 0 aliphatic rings. The highest BCUT2D eigenvalue weighted by Crippen LogP contribution is 2.22. The summed E-state index contributed by atoms with van der Waals surface area (Å²) in [6.45, 7) is 0.677. The van der Waals surface area contributed by atoms with Crippen LogP contribution in [0.2, 0.25) is 5.02 Å². The molecule has 0 aliphatic heterocycles. The number of benzene rings is 1. The fourth-order valence-corrected chi connectivity index (χ4v) is 1.61. The lowest BCUT2D eigenvalue weighted by Gasteiger charge is -2.12. The van der Waals surface area contributed by atoms with Gasteiger partial charge < -0.3 is 11.5 Å². The minimum absolute atomic E-state index is 0. The Morgan fingerprint density at radius 2 is 2.00 bits per heavy atom. The highest BCUT2D eigenvalue weighted by molar-refractivity contribution is 6.30. The van der Waals surface area contributed by atoms with Gasteiger partial charge in [0, 0.05) is 6.04 Å². The van der Waals surface area contributed by atoms with Crippen LogP contribution in [0.3, 0.4) is 0 Å². The maximum absolute atomic E-state index is 12.9. The van der Waals surface area contributed by atoms with Gasteiger partial charge in [0.05, 0.1) is 5.02 Å². The molecule has 2 nitrogen and oxygen atoms in total. The van der Waals surface area contributed by atoms with Gasteiger partial charge in [-0.2, -0.15) is 0 Å². The van der Waals surface area contributed by atoms with E-state index in [0.717, 1.165) is 24.8 Å². The zero-order chi connectivity index (χ0) is 11.3. The third kappa shape index (κ3) is 4.66. The van der Waals surface area contributed by atoms with Crippen LogP contribution in [0.25, 0.3) is 0 Å². The molecule has 1 aromatic carbocycles. The summed E-state index contributed by atoms with van der Waals surface area (Å²) in [4.78, 5) is 0. The van der Waals surface area contributed by atoms with Crippen LogP contribution in [0.4, 0.5) is 4.39 Å². The summed E-state index contributed by atoms with van der Waals surface area (Å²) in [7, 11) is 0. The maximum atomic E-state index is 12.9. The van der Waals surface area contributed by atoms with E-state index >= 15 is 0 Å². The minimum atomic E-state index is -0.408. The van der Waals surface area contributed by atoms with Crippen molar-refractivity contribution in [3.05, 3.63) is 34.6 Å². The van der Waals surface area contributed by atoms with E-state index in [4.69, 9.17) is 23.1 Å². The number of hydrogen-bond acceptors (Lipinski definition) is 2. The standard InChI is InChI=1S/C11H16ClFN2.ClH/c12-9-7-8(4-5-10(9)13)11(15)3-1-2-6-14;/h4-5,7,11H,1-3,6,14-15H2;1H/t11-;/m0./s1. The fraction of sp³-hybridized carbons (Fsp3) is 0.455. The first-order valence-corrected chi connectivity index (χ1v) is 5.43. The molecule has 4 N–H and O–H groups in total. The maximum Gasteiger partial charge on any atom is 0.141 e. The van der Waals surface area contributed by atoms with Crippen LogP contribution >= 0.6 is 24.0 Å². The van der Waals surface area contributed by atoms with Gasteiger partial charge in [-0.3, -0.25) is 0 Å². The van der Waals surface area contributed by atoms with Crippen LogP contribution in [0, 0.1) is 5.82 Å². The van der Waals surface area contributed by atoms with Gasteiger partial charge in [-0.15, -0.1) is 12.4 Å². The zero-order valence-corrected chi connectivity index (χ0v) is 10.5. The third-order valence-electron chi connectivity index (χ3n) is 2.34. The van der Waals surface area contributed by atoms with E-state index in [9.17, 15) is 4.39 Å². The van der Waals surface area contributed by atoms with Crippen LogP contribution in [0.1, 0.15) is 30.9 Å². The van der Waals surface area contributed by atoms with Crippen molar-refractivity contribution in [2.75, 3.05) is 6.54 Å². The normalized spacial score (nSPS) is 12.0. The predicted octanol–water partition coefficient (Wildman–Crippen LogP) is 3.03. The summed E-state index contributed by atoms with van der Waals surface area (Å²) in [6.07, 6.45) is 2.79. The topological polar surface area (TPSA) is 52.0 Å². The molecule has 5 heteroatoms. The van der Waals surface area contributed by atoms with Crippen molar-refractivity contribution in [1.82, 2.24) is 0 Å². The number of nitrogens with two attached hydrogens (primary N) is 2. The van der Waals surface area contributed by atoms with Crippen molar-refractivity contribution in [1.29, 1.82) is 0 Å². The van der Waals surface area contributed by atoms with Gasteiger partial charge >= 0.3 is 0 Å². The zero-order valence-electron chi connectivity index (χ0n) is 8.96. The second kappa shape index (κ2) is 7.85. The molecular weight excluding hydrogens is 250 g/mol. The summed E-state index contributed by atoms with van der Waals surface area (Å²) < 4.78 is 12.9. The highest BCUT2D eigenvalue weighted by atomic mass is 35.5. The third-order valence-corrected chi connectivity index (χ3v) is 2.63. The van der Waals surface area contributed by atoms with Crippen molar-refractivity contribution < 1.29 is 4.39 Å². The summed E-state index contributed by atoms with van der Waals surface area (Å²) in [5, 5.41) is 0.127. The SMILES string of the molecule is Cl.NCCCC[C@H](N)c1ccc(F)c(Cl)c1. The molecular formula is C11H17Cl2FN2. The van der Waals surface area contributed by atoms with Crippen molar-refractivity contribution >= 4 is 24.0 Å². The van der Waals surface area contributed by atoms with E-state index in [0.29, 0.717) is 6.54 Å². The molecule has 1 atom stereocenters. The Morgan fingerprint density at radius 1 is 1.31 bits per heavy atom. The number of unbranched alkanes of at least 4 members (excludes halogenated alkanes) is 1. The molecule has 92 valence electrons. The fourth-order valence-electron chi connectivity index (χ4n) is 1.42. The van der Waals surface area contributed by atoms with Gasteiger partial charge in [0.15, 0.2) is 0 Å². The Morgan fingerprint density at radius 3 is 2.56 bits per heavy atom. The lowest BCUT2D eigenvalue weighted by atomic mass is 10.0. The quantitative estimate of drug-likeness (QED) is 0.806. The van der Waals surface area contributed by atoms with Gasteiger partial charge in [-0.1, -0.05) is 24.1 Å². The van der Waals surface area contributed by atoms with Crippen LogP contribution < -0.4 is 11.5 Å². The first-order valence-electron chi connectivity index (χ1n) is 5.05. The lowest BCUT2D eigenvalue weighted by molar-refractivity contribution is 0.587. The van der Waals surface area contributed by atoms with Crippen LogP contribution in [0.5, 0.6) is 0 Å². The predicted molar refractivity (Wildman–Crippen MR) is 68.5 cm³/mol. The Balaban J connectivity index is 0.00000225. The summed E-state index contributed by atoms with van der Waals surface area (Å²) >= 11 is 5.67. The minimum Gasteiger partial charge on any atom is -0.330 e. The molecule has 0 aliphatic carbocycles. The molecule has 16 heavy (non-hydrogen) atoms. The second-order valence-electron chi connectivity index (χ2n) is 3.56. The Labute approximate surface area is 107 Å². The number of halogens is 3. The van der Waals surface area contributed by atoms with E-state index < -0.39 is 5.82 Å². The molecule has 1 aromatic rings. The average molecular weight is 267 g/mol. The summed E-state index contributed by atoms with van der Waals surface area (Å²) in [5.74, 6) is -0.408. The second-order valence-corrected chi connectivity index (χ2v) is 3.97. The summed E-state index contributed by atoms with van der Waals surface area (Å²) in [6, 6.07) is 4.52. The largest absolute Gasteiger partial charge is 0.330 e. The first-order chi connectivity index (χ1) is 7.15. The van der Waals surface area contributed by atoms with Crippen molar-refractivity contribution in [3.8, 4) is 0 Å². The van der Waals surface area contributed by atoms with Crippen molar-refractivity contribution in [3.63, 3.8) is 0 Å². The van der Waals surface area contributed by atoms with Crippen LogP contribution in [0.15, 0.2) is 18.2 Å². The monoisotopic (exact) mass is 266 g/mol. The van der Waals surface area contributed by atoms with Gasteiger partial charge in [0.25, 0.3) is 0 Å². The molecule has 1 rings (SSSR count). The first kappa shape index (κ1) is 15.7. The molecule has 0 amide bonds. The number of hydrogen-bond donors (Lipinski definition) is 2. The van der Waals surface area contributed by atoms with E-state index in [2.05, 4.69) is 0 Å². The van der Waals surface area contributed by atoms with Gasteiger partial charge in [0.2, 0.25) is 0 Å². The van der Waals surface area contributed by atoms with Gasteiger partial charge in [-0.05, 0) is 37.1 Å². The number of rotatable bonds is 5. The smallest absolute Gasteiger partial charge is 0.141 e. The Hall–Kier alpha value is -0.350. The van der Waals surface area contributed by atoms with E-state index in [1.165, 1.54) is 6.07 Å². The molecule has 0 radical (unpaired) electrons. The Kier molecular flexibility index (Phi) is 7.68. The summed E-state index contributed by atoms with van der Waals surface area (Å²) in [5.41, 5.74) is 12.2. The molecule has 0 bridgehead atoms.